The summed E-state index contributed by atoms with van der Waals surface area (Å²) < 4.78 is 7.17. The van der Waals surface area contributed by atoms with Gasteiger partial charge in [0, 0.05) is 25.0 Å². The van der Waals surface area contributed by atoms with Crippen LogP contribution in [0.15, 0.2) is 18.3 Å². The average molecular weight is 473 g/mol. The maximum absolute atomic E-state index is 13.5. The van der Waals surface area contributed by atoms with E-state index in [-0.39, 0.29) is 18.3 Å². The van der Waals surface area contributed by atoms with Gasteiger partial charge in [-0.15, -0.1) is 0 Å². The number of aromatic nitrogens is 2. The number of rotatable bonds is 14. The van der Waals surface area contributed by atoms with E-state index in [4.69, 9.17) is 9.72 Å². The van der Waals surface area contributed by atoms with Crippen LogP contribution in [0.3, 0.4) is 0 Å². The lowest BCUT2D eigenvalue weighted by Crippen LogP contribution is -2.34. The number of hydrogen-bond acceptors (Lipinski definition) is 5. The van der Waals surface area contributed by atoms with Gasteiger partial charge >= 0.3 is 5.97 Å². The second kappa shape index (κ2) is 13.5. The summed E-state index contributed by atoms with van der Waals surface area (Å²) in [5, 5.41) is 0. The molecule has 7 heteroatoms. The Morgan fingerprint density at radius 2 is 1.68 bits per heavy atom. The third-order valence-corrected chi connectivity index (χ3v) is 5.92. The minimum atomic E-state index is -0.274. The van der Waals surface area contributed by atoms with Gasteiger partial charge in [0.15, 0.2) is 0 Å². The third-order valence-electron chi connectivity index (χ3n) is 5.92. The molecule has 2 aromatic rings. The maximum atomic E-state index is 13.5. The summed E-state index contributed by atoms with van der Waals surface area (Å²) in [5.41, 5.74) is 3.13. The predicted molar refractivity (Wildman–Crippen MR) is 137 cm³/mol. The van der Waals surface area contributed by atoms with Crippen LogP contribution in [0.25, 0.3) is 5.65 Å². The van der Waals surface area contributed by atoms with E-state index in [0.29, 0.717) is 24.0 Å². The summed E-state index contributed by atoms with van der Waals surface area (Å²) in [4.78, 5) is 34.6. The lowest BCUT2D eigenvalue weighted by Gasteiger charge is -2.24. The number of ether oxygens (including phenoxy) is 1. The van der Waals surface area contributed by atoms with Gasteiger partial charge in [-0.05, 0) is 77.2 Å². The molecule has 0 aromatic carbocycles. The van der Waals surface area contributed by atoms with Crippen LogP contribution in [0, 0.1) is 11.8 Å². The highest BCUT2D eigenvalue weighted by molar-refractivity contribution is 5.94. The number of carbonyl (C=O) groups is 2. The molecule has 0 fully saturated rings. The molecule has 0 N–H and O–H groups in total. The largest absolute Gasteiger partial charge is 0.466 e. The van der Waals surface area contributed by atoms with Crippen LogP contribution < -0.4 is 0 Å². The first kappa shape index (κ1) is 27.8. The molecular formula is C27H44N4O3. The number of pyridine rings is 1. The maximum Gasteiger partial charge on any atom is 0.311 e. The van der Waals surface area contributed by atoms with Gasteiger partial charge in [0.2, 0.25) is 0 Å². The molecule has 190 valence electrons. The number of esters is 1. The molecule has 2 heterocycles. The molecule has 0 unspecified atom stereocenters. The summed E-state index contributed by atoms with van der Waals surface area (Å²) >= 11 is 0. The number of amides is 1. The van der Waals surface area contributed by atoms with Gasteiger partial charge in [-0.2, -0.15) is 0 Å². The Bertz CT molecular complexity index is 921. The molecule has 0 radical (unpaired) electrons. The lowest BCUT2D eigenvalue weighted by atomic mass is 10.1. The molecule has 0 atom stereocenters. The van der Waals surface area contributed by atoms with Crippen molar-refractivity contribution in [3.05, 3.63) is 35.3 Å². The Morgan fingerprint density at radius 1 is 1.03 bits per heavy atom. The molecule has 34 heavy (non-hydrogen) atoms. The van der Waals surface area contributed by atoms with Gasteiger partial charge in [-0.3, -0.25) is 9.59 Å². The van der Waals surface area contributed by atoms with E-state index in [1.807, 2.05) is 48.6 Å². The SMILES string of the molecule is CCOC(=O)Cc1nc2ccc(C(=O)N(CCC(C)C)CCC(C)C)cn2c1CCCN(C)C. The number of imidazole rings is 1. The van der Waals surface area contributed by atoms with Crippen molar-refractivity contribution in [1.29, 1.82) is 0 Å². The fraction of sp³-hybridized carbons (Fsp3) is 0.667. The van der Waals surface area contributed by atoms with Gasteiger partial charge in [-0.1, -0.05) is 27.7 Å². The summed E-state index contributed by atoms with van der Waals surface area (Å²) in [5.74, 6) is 0.867. The van der Waals surface area contributed by atoms with Crippen LogP contribution in [0.1, 0.15) is 75.6 Å². The van der Waals surface area contributed by atoms with Gasteiger partial charge in [0.05, 0.1) is 24.3 Å². The average Bonchev–Trinajstić information content (AvgIpc) is 3.09. The molecule has 2 aromatic heterocycles. The van der Waals surface area contributed by atoms with E-state index in [2.05, 4.69) is 32.6 Å². The van der Waals surface area contributed by atoms with Crippen molar-refractivity contribution in [3.8, 4) is 0 Å². The molecule has 2 rings (SSSR count). The molecule has 0 bridgehead atoms. The zero-order valence-corrected chi connectivity index (χ0v) is 22.3. The van der Waals surface area contributed by atoms with Gasteiger partial charge < -0.3 is 18.9 Å². The fourth-order valence-electron chi connectivity index (χ4n) is 3.91. The van der Waals surface area contributed by atoms with Gasteiger partial charge in [0.25, 0.3) is 5.91 Å². The molecule has 0 saturated heterocycles. The Kier molecular flexibility index (Phi) is 11.0. The third kappa shape index (κ3) is 8.42. The fourth-order valence-corrected chi connectivity index (χ4v) is 3.91. The first-order valence-corrected chi connectivity index (χ1v) is 12.7. The first-order chi connectivity index (χ1) is 16.1. The minimum Gasteiger partial charge on any atom is -0.466 e. The van der Waals surface area contributed by atoms with E-state index in [9.17, 15) is 9.59 Å². The zero-order valence-electron chi connectivity index (χ0n) is 22.3. The lowest BCUT2D eigenvalue weighted by molar-refractivity contribution is -0.142. The second-order valence-corrected chi connectivity index (χ2v) is 10.2. The molecule has 1 amide bonds. The highest BCUT2D eigenvalue weighted by Gasteiger charge is 2.20. The zero-order chi connectivity index (χ0) is 25.3. The molecule has 7 nitrogen and oxygen atoms in total. The highest BCUT2D eigenvalue weighted by atomic mass is 16.5. The quantitative estimate of drug-likeness (QED) is 0.380. The van der Waals surface area contributed by atoms with Crippen LogP contribution >= 0.6 is 0 Å². The number of fused-ring (bicyclic) bond motifs is 1. The van der Waals surface area contributed by atoms with Crippen molar-refractivity contribution in [2.24, 2.45) is 11.8 Å². The smallest absolute Gasteiger partial charge is 0.311 e. The minimum absolute atomic E-state index is 0.0584. The standard InChI is InChI=1S/C27H44N4O3/c1-8-34-26(32)18-23-24(10-9-15-29(6)7)31-19-22(11-12-25(31)28-23)27(33)30(16-13-20(2)3)17-14-21(4)5/h11-12,19-21H,8-10,13-18H2,1-7H3. The monoisotopic (exact) mass is 472 g/mol. The molecule has 0 aliphatic rings. The van der Waals surface area contributed by atoms with Crippen molar-refractivity contribution in [1.82, 2.24) is 19.2 Å². The number of aryl methyl sites for hydroxylation is 1. The topological polar surface area (TPSA) is 67.1 Å². The van der Waals surface area contributed by atoms with E-state index in [1.54, 1.807) is 0 Å². The Balaban J connectivity index is 2.38. The van der Waals surface area contributed by atoms with Crippen molar-refractivity contribution < 1.29 is 14.3 Å². The molecule has 0 spiro atoms. The van der Waals surface area contributed by atoms with E-state index in [0.717, 1.165) is 62.4 Å². The van der Waals surface area contributed by atoms with E-state index in [1.165, 1.54) is 0 Å². The summed E-state index contributed by atoms with van der Waals surface area (Å²) in [6.07, 6.45) is 5.72. The molecule has 0 saturated carbocycles. The van der Waals surface area contributed by atoms with Crippen LogP contribution in [-0.2, 0) is 22.4 Å². The first-order valence-electron chi connectivity index (χ1n) is 12.7. The molecular weight excluding hydrogens is 428 g/mol. The van der Waals surface area contributed by atoms with Crippen molar-refractivity contribution >= 4 is 17.5 Å². The Labute approximate surface area is 205 Å². The molecule has 0 aliphatic heterocycles. The highest BCUT2D eigenvalue weighted by Crippen LogP contribution is 2.19. The van der Waals surface area contributed by atoms with Crippen LogP contribution in [0.4, 0.5) is 0 Å². The number of nitrogens with zero attached hydrogens (tertiary/aromatic N) is 4. The second-order valence-electron chi connectivity index (χ2n) is 10.2. The van der Waals surface area contributed by atoms with E-state index < -0.39 is 0 Å². The van der Waals surface area contributed by atoms with Gasteiger partial charge in [-0.25, -0.2) is 4.98 Å². The Morgan fingerprint density at radius 3 is 2.24 bits per heavy atom. The summed E-state index contributed by atoms with van der Waals surface area (Å²) in [6.45, 7) is 13.4. The van der Waals surface area contributed by atoms with Crippen LogP contribution in [0.5, 0.6) is 0 Å². The molecule has 0 aliphatic carbocycles. The van der Waals surface area contributed by atoms with E-state index >= 15 is 0 Å². The predicted octanol–water partition coefficient (Wildman–Crippen LogP) is 4.47. The van der Waals surface area contributed by atoms with Crippen LogP contribution in [0.2, 0.25) is 0 Å². The number of hydrogen-bond donors (Lipinski definition) is 0. The number of carbonyl (C=O) groups excluding carboxylic acids is 2. The van der Waals surface area contributed by atoms with Crippen molar-refractivity contribution in [3.63, 3.8) is 0 Å². The summed E-state index contributed by atoms with van der Waals surface area (Å²) in [7, 11) is 4.10. The van der Waals surface area contributed by atoms with Crippen molar-refractivity contribution in [2.75, 3.05) is 40.3 Å². The van der Waals surface area contributed by atoms with Crippen molar-refractivity contribution in [2.45, 2.75) is 66.7 Å². The van der Waals surface area contributed by atoms with Gasteiger partial charge in [0.1, 0.15) is 5.65 Å². The van der Waals surface area contributed by atoms with Crippen LogP contribution in [-0.4, -0.2) is 71.4 Å². The Hall–Kier alpha value is -2.41. The normalized spacial score (nSPS) is 11.7. The summed E-state index contributed by atoms with van der Waals surface area (Å²) in [6, 6.07) is 3.75.